The number of ether oxygens (including phenoxy) is 3. The SMILES string of the molecule is CCC(=O)C1(c2ccc(OC)c(OC)c2)CCOCC1. The minimum atomic E-state index is -0.438. The fraction of sp³-hybridized carbons (Fsp3) is 0.562. The van der Waals surface area contributed by atoms with Gasteiger partial charge in [0.05, 0.1) is 19.6 Å². The zero-order chi connectivity index (χ0) is 14.6. The van der Waals surface area contributed by atoms with Crippen LogP contribution in [0.1, 0.15) is 31.7 Å². The molecule has 0 aliphatic carbocycles. The number of carbonyl (C=O) groups excluding carboxylic acids is 1. The third kappa shape index (κ3) is 2.52. The number of hydrogen-bond acceptors (Lipinski definition) is 4. The molecule has 0 N–H and O–H groups in total. The Hall–Kier alpha value is -1.55. The summed E-state index contributed by atoms with van der Waals surface area (Å²) in [5, 5.41) is 0. The third-order valence-electron chi connectivity index (χ3n) is 4.14. The van der Waals surface area contributed by atoms with Gasteiger partial charge in [0.2, 0.25) is 0 Å². The molecule has 0 radical (unpaired) electrons. The Labute approximate surface area is 120 Å². The summed E-state index contributed by atoms with van der Waals surface area (Å²) in [5.74, 6) is 1.62. The van der Waals surface area contributed by atoms with Gasteiger partial charge in [0.25, 0.3) is 0 Å². The Morgan fingerprint density at radius 1 is 1.20 bits per heavy atom. The first-order valence-corrected chi connectivity index (χ1v) is 7.01. The molecule has 1 aromatic carbocycles. The van der Waals surface area contributed by atoms with Crippen LogP contribution in [0.4, 0.5) is 0 Å². The maximum absolute atomic E-state index is 12.5. The fourth-order valence-corrected chi connectivity index (χ4v) is 2.92. The molecule has 4 nitrogen and oxygen atoms in total. The third-order valence-corrected chi connectivity index (χ3v) is 4.14. The van der Waals surface area contributed by atoms with E-state index in [1.807, 2.05) is 25.1 Å². The van der Waals surface area contributed by atoms with E-state index in [2.05, 4.69) is 0 Å². The molecule has 110 valence electrons. The van der Waals surface area contributed by atoms with Gasteiger partial charge in [-0.25, -0.2) is 0 Å². The first kappa shape index (κ1) is 14.9. The van der Waals surface area contributed by atoms with Crippen LogP contribution in [0.15, 0.2) is 18.2 Å². The van der Waals surface area contributed by atoms with Crippen molar-refractivity contribution in [2.75, 3.05) is 27.4 Å². The van der Waals surface area contributed by atoms with Crippen LogP contribution in [-0.4, -0.2) is 33.2 Å². The van der Waals surface area contributed by atoms with Gasteiger partial charge >= 0.3 is 0 Å². The van der Waals surface area contributed by atoms with Crippen molar-refractivity contribution in [2.24, 2.45) is 0 Å². The van der Waals surface area contributed by atoms with Crippen LogP contribution in [-0.2, 0) is 14.9 Å². The van der Waals surface area contributed by atoms with E-state index in [4.69, 9.17) is 14.2 Å². The van der Waals surface area contributed by atoms with Crippen LogP contribution in [0.25, 0.3) is 0 Å². The quantitative estimate of drug-likeness (QED) is 0.830. The van der Waals surface area contributed by atoms with Crippen molar-refractivity contribution in [3.05, 3.63) is 23.8 Å². The smallest absolute Gasteiger partial charge is 0.161 e. The second-order valence-corrected chi connectivity index (χ2v) is 5.04. The summed E-state index contributed by atoms with van der Waals surface area (Å²) in [4.78, 5) is 12.5. The van der Waals surface area contributed by atoms with Crippen molar-refractivity contribution < 1.29 is 19.0 Å². The molecule has 0 amide bonds. The molecule has 20 heavy (non-hydrogen) atoms. The second kappa shape index (κ2) is 6.27. The molecule has 0 spiro atoms. The maximum atomic E-state index is 12.5. The average Bonchev–Trinajstić information content (AvgIpc) is 2.53. The van der Waals surface area contributed by atoms with Gasteiger partial charge in [0.1, 0.15) is 5.78 Å². The molecule has 4 heteroatoms. The number of ketones is 1. The summed E-state index contributed by atoms with van der Waals surface area (Å²) in [5.41, 5.74) is 0.567. The summed E-state index contributed by atoms with van der Waals surface area (Å²) in [6.45, 7) is 3.17. The van der Waals surface area contributed by atoms with Gasteiger partial charge in [-0.3, -0.25) is 4.79 Å². The van der Waals surface area contributed by atoms with E-state index in [0.717, 1.165) is 18.4 Å². The largest absolute Gasteiger partial charge is 0.493 e. The minimum Gasteiger partial charge on any atom is -0.493 e. The van der Waals surface area contributed by atoms with E-state index in [1.165, 1.54) is 0 Å². The highest BCUT2D eigenvalue weighted by atomic mass is 16.5. The highest BCUT2D eigenvalue weighted by Gasteiger charge is 2.40. The number of benzene rings is 1. The van der Waals surface area contributed by atoms with Gasteiger partial charge in [-0.1, -0.05) is 13.0 Å². The number of methoxy groups -OCH3 is 2. The van der Waals surface area contributed by atoms with Gasteiger partial charge < -0.3 is 14.2 Å². The van der Waals surface area contributed by atoms with E-state index in [1.54, 1.807) is 14.2 Å². The fourth-order valence-electron chi connectivity index (χ4n) is 2.92. The summed E-state index contributed by atoms with van der Waals surface area (Å²) >= 11 is 0. The van der Waals surface area contributed by atoms with Crippen molar-refractivity contribution in [1.29, 1.82) is 0 Å². The topological polar surface area (TPSA) is 44.8 Å². The number of carbonyl (C=O) groups is 1. The van der Waals surface area contributed by atoms with Crippen molar-refractivity contribution in [3.8, 4) is 11.5 Å². The van der Waals surface area contributed by atoms with Crippen LogP contribution in [0.2, 0.25) is 0 Å². The molecule has 0 aromatic heterocycles. The number of Topliss-reactive ketones (excluding diaryl/α,β-unsaturated/α-hetero) is 1. The molecule has 0 saturated carbocycles. The lowest BCUT2D eigenvalue weighted by molar-refractivity contribution is -0.127. The van der Waals surface area contributed by atoms with Crippen LogP contribution in [0.5, 0.6) is 11.5 Å². The lowest BCUT2D eigenvalue weighted by Gasteiger charge is -2.36. The predicted octanol–water partition coefficient (Wildman–Crippen LogP) is 2.73. The molecule has 1 aliphatic heterocycles. The van der Waals surface area contributed by atoms with E-state index in [-0.39, 0.29) is 5.78 Å². The van der Waals surface area contributed by atoms with Crippen molar-refractivity contribution in [1.82, 2.24) is 0 Å². The van der Waals surface area contributed by atoms with Crippen molar-refractivity contribution in [2.45, 2.75) is 31.6 Å². The lowest BCUT2D eigenvalue weighted by Crippen LogP contribution is -2.41. The summed E-state index contributed by atoms with van der Waals surface area (Å²) in [7, 11) is 3.22. The Bertz CT molecular complexity index is 475. The van der Waals surface area contributed by atoms with E-state index >= 15 is 0 Å². The molecule has 1 saturated heterocycles. The van der Waals surface area contributed by atoms with E-state index < -0.39 is 5.41 Å². The molecule has 1 heterocycles. The minimum absolute atomic E-state index is 0.271. The number of rotatable bonds is 5. The van der Waals surface area contributed by atoms with Crippen LogP contribution in [0.3, 0.4) is 0 Å². The van der Waals surface area contributed by atoms with E-state index in [9.17, 15) is 4.79 Å². The summed E-state index contributed by atoms with van der Waals surface area (Å²) < 4.78 is 16.1. The molecular weight excluding hydrogens is 256 g/mol. The summed E-state index contributed by atoms with van der Waals surface area (Å²) in [6.07, 6.45) is 2.00. The normalized spacial score (nSPS) is 17.6. The Morgan fingerprint density at radius 2 is 1.85 bits per heavy atom. The second-order valence-electron chi connectivity index (χ2n) is 5.04. The number of hydrogen-bond donors (Lipinski definition) is 0. The molecule has 1 aromatic rings. The van der Waals surface area contributed by atoms with Gasteiger partial charge in [-0.05, 0) is 30.5 Å². The first-order chi connectivity index (χ1) is 9.67. The highest BCUT2D eigenvalue weighted by Crippen LogP contribution is 2.40. The molecule has 1 fully saturated rings. The first-order valence-electron chi connectivity index (χ1n) is 7.01. The van der Waals surface area contributed by atoms with Gasteiger partial charge in [0, 0.05) is 19.6 Å². The van der Waals surface area contributed by atoms with Crippen LogP contribution < -0.4 is 9.47 Å². The monoisotopic (exact) mass is 278 g/mol. The highest BCUT2D eigenvalue weighted by molar-refractivity contribution is 5.90. The van der Waals surface area contributed by atoms with Gasteiger partial charge in [0.15, 0.2) is 11.5 Å². The van der Waals surface area contributed by atoms with Gasteiger partial charge in [-0.15, -0.1) is 0 Å². The van der Waals surface area contributed by atoms with Crippen molar-refractivity contribution >= 4 is 5.78 Å². The standard InChI is InChI=1S/C16H22O4/c1-4-15(17)16(7-9-20-10-8-16)12-5-6-13(18-2)14(11-12)19-3/h5-6,11H,4,7-10H2,1-3H3. The van der Waals surface area contributed by atoms with Crippen LogP contribution >= 0.6 is 0 Å². The zero-order valence-electron chi connectivity index (χ0n) is 12.4. The predicted molar refractivity (Wildman–Crippen MR) is 76.6 cm³/mol. The Balaban J connectivity index is 2.46. The van der Waals surface area contributed by atoms with Gasteiger partial charge in [-0.2, -0.15) is 0 Å². The lowest BCUT2D eigenvalue weighted by atomic mass is 9.70. The summed E-state index contributed by atoms with van der Waals surface area (Å²) in [6, 6.07) is 5.77. The van der Waals surface area contributed by atoms with Crippen LogP contribution in [0, 0.1) is 0 Å². The molecular formula is C16H22O4. The Kier molecular flexibility index (Phi) is 4.65. The molecule has 0 unspecified atom stereocenters. The Morgan fingerprint density at radius 3 is 2.40 bits per heavy atom. The molecule has 1 aliphatic rings. The zero-order valence-corrected chi connectivity index (χ0v) is 12.4. The average molecular weight is 278 g/mol. The maximum Gasteiger partial charge on any atom is 0.161 e. The van der Waals surface area contributed by atoms with Crippen molar-refractivity contribution in [3.63, 3.8) is 0 Å². The molecule has 0 bridgehead atoms. The molecule has 0 atom stereocenters. The molecule has 2 rings (SSSR count). The van der Waals surface area contributed by atoms with E-state index in [0.29, 0.717) is 31.1 Å².